The Kier molecular flexibility index (Phi) is 5.01. The molecule has 6 nitrogen and oxygen atoms in total. The van der Waals surface area contributed by atoms with Gasteiger partial charge in [0.15, 0.2) is 0 Å². The van der Waals surface area contributed by atoms with E-state index in [0.29, 0.717) is 0 Å². The number of aromatic nitrogens is 5. The molecule has 168 valence electrons. The number of nitrogens with one attached hydrogen (secondary N) is 2. The Balaban J connectivity index is 1.45. The average molecular weight is 465 g/mol. The summed E-state index contributed by atoms with van der Waals surface area (Å²) < 4.78 is 0. The zero-order valence-corrected chi connectivity index (χ0v) is 20.1. The number of H-pyrrole nitrogens is 2. The van der Waals surface area contributed by atoms with Crippen LogP contribution in [0.4, 0.5) is 0 Å². The maximum absolute atomic E-state index is 4.66. The number of aryl methyl sites for hydroxylation is 1. The van der Waals surface area contributed by atoms with Crippen LogP contribution in [0, 0.1) is 6.92 Å². The minimum atomic E-state index is 0.855. The molecule has 1 aromatic carbocycles. The van der Waals surface area contributed by atoms with Crippen LogP contribution in [0.3, 0.4) is 0 Å². The molecule has 34 heavy (non-hydrogen) atoms. The summed E-state index contributed by atoms with van der Waals surface area (Å²) in [6.45, 7) is 2.99. The normalized spacial score (nSPS) is 11.8. The van der Waals surface area contributed by atoms with Crippen molar-refractivity contribution in [1.29, 1.82) is 0 Å². The standard InChI is InChI=1S/C27H24N6S/c1-16-4-7-25(34-16)20-8-9-29-27-21(20)12-24(30-27)26-22-11-18(5-6-23(22)31-32-26)19-10-17(13-28-14-19)15-33(2)3/h4-14H,15H2,1-3H3,(H,29,30)(H,31,32). The summed E-state index contributed by atoms with van der Waals surface area (Å²) in [7, 11) is 4.13. The number of thiophene rings is 1. The second-order valence-corrected chi connectivity index (χ2v) is 10.2. The fourth-order valence-electron chi connectivity index (χ4n) is 4.44. The molecule has 0 fully saturated rings. The van der Waals surface area contributed by atoms with Crippen molar-refractivity contribution in [2.24, 2.45) is 0 Å². The number of hydrogen-bond donors (Lipinski definition) is 2. The van der Waals surface area contributed by atoms with Gasteiger partial charge in [-0.3, -0.25) is 10.1 Å². The monoisotopic (exact) mass is 464 g/mol. The Morgan fingerprint density at radius 2 is 1.85 bits per heavy atom. The molecule has 6 rings (SSSR count). The molecule has 0 radical (unpaired) electrons. The summed E-state index contributed by atoms with van der Waals surface area (Å²) in [6, 6.07) is 17.2. The van der Waals surface area contributed by atoms with Gasteiger partial charge in [0.1, 0.15) is 11.3 Å². The maximum Gasteiger partial charge on any atom is 0.138 e. The van der Waals surface area contributed by atoms with E-state index < -0.39 is 0 Å². The number of benzene rings is 1. The van der Waals surface area contributed by atoms with Crippen molar-refractivity contribution in [3.8, 4) is 33.0 Å². The maximum atomic E-state index is 4.66. The van der Waals surface area contributed by atoms with E-state index in [1.807, 2.05) is 18.6 Å². The lowest BCUT2D eigenvalue weighted by molar-refractivity contribution is 0.402. The van der Waals surface area contributed by atoms with Crippen LogP contribution >= 0.6 is 11.3 Å². The van der Waals surface area contributed by atoms with E-state index in [-0.39, 0.29) is 0 Å². The van der Waals surface area contributed by atoms with Crippen molar-refractivity contribution in [3.05, 3.63) is 77.6 Å². The fourth-order valence-corrected chi connectivity index (χ4v) is 5.35. The van der Waals surface area contributed by atoms with E-state index in [1.54, 1.807) is 11.3 Å². The van der Waals surface area contributed by atoms with E-state index in [1.165, 1.54) is 20.9 Å². The van der Waals surface area contributed by atoms with Crippen molar-refractivity contribution >= 4 is 33.3 Å². The predicted molar refractivity (Wildman–Crippen MR) is 140 cm³/mol. The lowest BCUT2D eigenvalue weighted by Gasteiger charge is -2.10. The first kappa shape index (κ1) is 20.8. The van der Waals surface area contributed by atoms with E-state index >= 15 is 0 Å². The first-order chi connectivity index (χ1) is 16.5. The fraction of sp³-hybridized carbons (Fsp3) is 0.148. The Labute approximate surface area is 201 Å². The van der Waals surface area contributed by atoms with E-state index in [2.05, 4.69) is 99.6 Å². The van der Waals surface area contributed by atoms with Crippen molar-refractivity contribution in [1.82, 2.24) is 30.0 Å². The second kappa shape index (κ2) is 8.20. The van der Waals surface area contributed by atoms with Crippen LogP contribution in [-0.4, -0.2) is 44.1 Å². The van der Waals surface area contributed by atoms with Crippen LogP contribution in [0.2, 0.25) is 0 Å². The molecule has 0 spiro atoms. The topological polar surface area (TPSA) is 73.5 Å². The van der Waals surface area contributed by atoms with Gasteiger partial charge in [-0.2, -0.15) is 5.10 Å². The highest BCUT2D eigenvalue weighted by Crippen LogP contribution is 2.36. The highest BCUT2D eigenvalue weighted by Gasteiger charge is 2.15. The molecule has 0 unspecified atom stereocenters. The molecule has 0 aliphatic carbocycles. The highest BCUT2D eigenvalue weighted by molar-refractivity contribution is 7.15. The summed E-state index contributed by atoms with van der Waals surface area (Å²) >= 11 is 1.80. The van der Waals surface area contributed by atoms with Gasteiger partial charge in [0, 0.05) is 56.8 Å². The third kappa shape index (κ3) is 3.69. The van der Waals surface area contributed by atoms with Crippen LogP contribution in [-0.2, 0) is 6.54 Å². The van der Waals surface area contributed by atoms with E-state index in [9.17, 15) is 0 Å². The number of fused-ring (bicyclic) bond motifs is 2. The largest absolute Gasteiger partial charge is 0.338 e. The van der Waals surface area contributed by atoms with Gasteiger partial charge in [0.2, 0.25) is 0 Å². The van der Waals surface area contributed by atoms with E-state index in [0.717, 1.165) is 51.0 Å². The average Bonchev–Trinajstić information content (AvgIpc) is 3.55. The summed E-state index contributed by atoms with van der Waals surface area (Å²) in [5.74, 6) is 0. The third-order valence-corrected chi connectivity index (χ3v) is 7.02. The smallest absolute Gasteiger partial charge is 0.138 e. The summed E-state index contributed by atoms with van der Waals surface area (Å²) in [6.07, 6.45) is 5.71. The van der Waals surface area contributed by atoms with Crippen LogP contribution in [0.1, 0.15) is 10.4 Å². The minimum Gasteiger partial charge on any atom is -0.338 e. The lowest BCUT2D eigenvalue weighted by Crippen LogP contribution is -2.10. The van der Waals surface area contributed by atoms with Gasteiger partial charge < -0.3 is 9.88 Å². The van der Waals surface area contributed by atoms with Crippen molar-refractivity contribution in [2.45, 2.75) is 13.5 Å². The van der Waals surface area contributed by atoms with Gasteiger partial charge in [0.05, 0.1) is 11.2 Å². The summed E-state index contributed by atoms with van der Waals surface area (Å²) in [4.78, 5) is 17.2. The van der Waals surface area contributed by atoms with Gasteiger partial charge in [-0.05, 0) is 74.6 Å². The molecule has 0 aliphatic rings. The van der Waals surface area contributed by atoms with Crippen molar-refractivity contribution in [3.63, 3.8) is 0 Å². The zero-order chi connectivity index (χ0) is 23.2. The number of pyridine rings is 2. The number of nitrogens with zero attached hydrogens (tertiary/aromatic N) is 4. The number of rotatable bonds is 5. The molecule has 7 heteroatoms. The lowest BCUT2D eigenvalue weighted by atomic mass is 10.0. The summed E-state index contributed by atoms with van der Waals surface area (Å²) in [5.41, 5.74) is 8.30. The van der Waals surface area contributed by atoms with Gasteiger partial charge in [0.25, 0.3) is 0 Å². The van der Waals surface area contributed by atoms with Gasteiger partial charge in [-0.1, -0.05) is 6.07 Å². The van der Waals surface area contributed by atoms with Crippen LogP contribution in [0.5, 0.6) is 0 Å². The first-order valence-corrected chi connectivity index (χ1v) is 12.0. The highest BCUT2D eigenvalue weighted by atomic mass is 32.1. The van der Waals surface area contributed by atoms with Crippen LogP contribution in [0.15, 0.2) is 67.1 Å². The SMILES string of the molecule is Cc1ccc(-c2ccnc3[nH]c(-c4n[nH]c5ccc(-c6cncc(CN(C)C)c6)cc45)cc23)s1. The summed E-state index contributed by atoms with van der Waals surface area (Å²) in [5, 5.41) is 10.0. The minimum absolute atomic E-state index is 0.855. The molecule has 0 bridgehead atoms. The molecule has 0 atom stereocenters. The molecule has 0 saturated carbocycles. The van der Waals surface area contributed by atoms with E-state index in [4.69, 9.17) is 0 Å². The van der Waals surface area contributed by atoms with Crippen LogP contribution in [0.25, 0.3) is 54.9 Å². The molecule has 5 aromatic heterocycles. The van der Waals surface area contributed by atoms with Crippen molar-refractivity contribution in [2.75, 3.05) is 14.1 Å². The Bertz CT molecular complexity index is 1640. The van der Waals surface area contributed by atoms with Crippen molar-refractivity contribution < 1.29 is 0 Å². The Morgan fingerprint density at radius 1 is 0.941 bits per heavy atom. The Morgan fingerprint density at radius 3 is 2.68 bits per heavy atom. The second-order valence-electron chi connectivity index (χ2n) is 8.87. The zero-order valence-electron chi connectivity index (χ0n) is 19.3. The van der Waals surface area contributed by atoms with Crippen LogP contribution < -0.4 is 0 Å². The van der Waals surface area contributed by atoms with Gasteiger partial charge in [-0.25, -0.2) is 4.98 Å². The molecule has 0 aliphatic heterocycles. The first-order valence-electron chi connectivity index (χ1n) is 11.2. The molecule has 6 aromatic rings. The van der Waals surface area contributed by atoms with Gasteiger partial charge in [-0.15, -0.1) is 11.3 Å². The molecule has 0 amide bonds. The Hall–Kier alpha value is -3.81. The van der Waals surface area contributed by atoms with Gasteiger partial charge >= 0.3 is 0 Å². The molecular formula is C27H24N6S. The molecule has 5 heterocycles. The number of hydrogen-bond acceptors (Lipinski definition) is 5. The number of aromatic amines is 2. The third-order valence-electron chi connectivity index (χ3n) is 5.98. The molecule has 2 N–H and O–H groups in total. The molecule has 0 saturated heterocycles. The predicted octanol–water partition coefficient (Wildman–Crippen LogP) is 6.27. The quantitative estimate of drug-likeness (QED) is 0.315. The molecular weight excluding hydrogens is 440 g/mol.